The lowest BCUT2D eigenvalue weighted by atomic mass is 9.98. The lowest BCUT2D eigenvalue weighted by Crippen LogP contribution is -2.42. The number of hydrogen-bond acceptors (Lipinski definition) is 5. The van der Waals surface area contributed by atoms with Crippen molar-refractivity contribution in [3.63, 3.8) is 0 Å². The summed E-state index contributed by atoms with van der Waals surface area (Å²) in [5.41, 5.74) is 3.65. The monoisotopic (exact) mass is 462 g/mol. The number of aliphatic carboxylic acids is 1. The second-order valence-corrected chi connectivity index (χ2v) is 7.36. The van der Waals surface area contributed by atoms with E-state index in [4.69, 9.17) is 4.74 Å². The van der Waals surface area contributed by atoms with E-state index in [0.717, 1.165) is 16.7 Å². The van der Waals surface area contributed by atoms with Gasteiger partial charge in [-0.05, 0) is 47.4 Å². The molecule has 0 aliphatic carbocycles. The fraction of sp³-hybridized carbons (Fsp3) is 0.200. The first kappa shape index (κ1) is 24.2. The summed E-state index contributed by atoms with van der Waals surface area (Å²) < 4.78 is 4.81. The van der Waals surface area contributed by atoms with Crippen LogP contribution in [0.4, 0.5) is 15.3 Å². The van der Waals surface area contributed by atoms with Gasteiger partial charge in [0.05, 0.1) is 6.61 Å². The van der Waals surface area contributed by atoms with E-state index in [1.54, 1.807) is 43.6 Å². The number of nitrogens with one attached hydrogen (secondary N) is 3. The molecule has 0 fully saturated rings. The molecule has 0 spiro atoms. The van der Waals surface area contributed by atoms with E-state index in [2.05, 4.69) is 20.9 Å². The number of alkyl carbamates (subject to hydrolysis) is 1. The van der Waals surface area contributed by atoms with Crippen molar-refractivity contribution in [3.05, 3.63) is 84.2 Å². The van der Waals surface area contributed by atoms with E-state index in [-0.39, 0.29) is 13.0 Å². The van der Waals surface area contributed by atoms with Crippen LogP contribution in [0.15, 0.2) is 73.1 Å². The van der Waals surface area contributed by atoms with Crippen molar-refractivity contribution in [1.82, 2.24) is 15.6 Å². The number of carboxylic acid groups (broad SMARTS) is 1. The number of amides is 3. The number of rotatable bonds is 9. The third-order valence-electron chi connectivity index (χ3n) is 4.96. The van der Waals surface area contributed by atoms with E-state index in [0.29, 0.717) is 17.8 Å². The minimum absolute atomic E-state index is 0.0524. The Bertz CT molecular complexity index is 1120. The van der Waals surface area contributed by atoms with Gasteiger partial charge < -0.3 is 25.8 Å². The van der Waals surface area contributed by atoms with Gasteiger partial charge in [-0.15, -0.1) is 0 Å². The molecule has 0 radical (unpaired) electrons. The van der Waals surface area contributed by atoms with E-state index in [1.807, 2.05) is 36.4 Å². The summed E-state index contributed by atoms with van der Waals surface area (Å²) in [7, 11) is 0. The molecule has 1 atom stereocenters. The Labute approximate surface area is 197 Å². The molecule has 0 aliphatic heterocycles. The van der Waals surface area contributed by atoms with Crippen LogP contribution in [-0.4, -0.2) is 40.8 Å². The molecule has 0 aliphatic rings. The number of aromatic nitrogens is 1. The maximum absolute atomic E-state index is 12.6. The van der Waals surface area contributed by atoms with Crippen LogP contribution in [0, 0.1) is 0 Å². The zero-order chi connectivity index (χ0) is 24.3. The number of hydrogen-bond donors (Lipinski definition) is 4. The molecule has 3 amide bonds. The molecule has 0 bridgehead atoms. The van der Waals surface area contributed by atoms with Crippen LogP contribution in [0.3, 0.4) is 0 Å². The van der Waals surface area contributed by atoms with Crippen molar-refractivity contribution in [1.29, 1.82) is 0 Å². The van der Waals surface area contributed by atoms with Gasteiger partial charge in [0.15, 0.2) is 0 Å². The summed E-state index contributed by atoms with van der Waals surface area (Å²) in [5, 5.41) is 17.5. The number of urea groups is 1. The van der Waals surface area contributed by atoms with Crippen molar-refractivity contribution in [2.24, 2.45) is 0 Å². The Balaban J connectivity index is 1.83. The Morgan fingerprint density at radius 3 is 2.41 bits per heavy atom. The number of carboxylic acids is 1. The van der Waals surface area contributed by atoms with Crippen LogP contribution in [0.25, 0.3) is 11.1 Å². The Morgan fingerprint density at radius 1 is 1.00 bits per heavy atom. The average Bonchev–Trinajstić information content (AvgIpc) is 2.84. The zero-order valence-electron chi connectivity index (χ0n) is 18.7. The molecule has 0 saturated carbocycles. The number of benzene rings is 2. The molecular formula is C25H26N4O5. The fourth-order valence-corrected chi connectivity index (χ4v) is 3.27. The number of anilines is 1. The highest BCUT2D eigenvalue weighted by atomic mass is 16.5. The summed E-state index contributed by atoms with van der Waals surface area (Å²) in [6.45, 7) is 2.04. The molecule has 0 unspecified atom stereocenters. The third kappa shape index (κ3) is 7.06. The van der Waals surface area contributed by atoms with Gasteiger partial charge in [-0.3, -0.25) is 4.98 Å². The summed E-state index contributed by atoms with van der Waals surface area (Å²) in [6, 6.07) is 16.8. The number of pyridine rings is 1. The number of carbonyl (C=O) groups is 3. The molecule has 176 valence electrons. The molecule has 4 N–H and O–H groups in total. The van der Waals surface area contributed by atoms with Crippen LogP contribution in [0.2, 0.25) is 0 Å². The first-order chi connectivity index (χ1) is 16.5. The molecule has 2 aromatic carbocycles. The summed E-state index contributed by atoms with van der Waals surface area (Å²) in [6.07, 6.45) is 2.40. The van der Waals surface area contributed by atoms with Gasteiger partial charge in [-0.25, -0.2) is 14.4 Å². The largest absolute Gasteiger partial charge is 0.480 e. The maximum Gasteiger partial charge on any atom is 0.407 e. The molecule has 3 aromatic rings. The van der Waals surface area contributed by atoms with Crippen molar-refractivity contribution in [2.75, 3.05) is 11.9 Å². The van der Waals surface area contributed by atoms with Gasteiger partial charge in [-0.1, -0.05) is 42.5 Å². The average molecular weight is 463 g/mol. The van der Waals surface area contributed by atoms with Crippen LogP contribution in [0.5, 0.6) is 0 Å². The summed E-state index contributed by atoms with van der Waals surface area (Å²) >= 11 is 0. The van der Waals surface area contributed by atoms with Crippen molar-refractivity contribution >= 4 is 23.8 Å². The summed E-state index contributed by atoms with van der Waals surface area (Å²) in [4.78, 5) is 40.1. The molecule has 0 saturated heterocycles. The second-order valence-electron chi connectivity index (χ2n) is 7.36. The Kier molecular flexibility index (Phi) is 8.56. The van der Waals surface area contributed by atoms with E-state index in [1.165, 1.54) is 0 Å². The van der Waals surface area contributed by atoms with Crippen molar-refractivity contribution < 1.29 is 24.2 Å². The predicted molar refractivity (Wildman–Crippen MR) is 127 cm³/mol. The maximum atomic E-state index is 12.6. The first-order valence-electron chi connectivity index (χ1n) is 10.7. The number of ether oxygens (including phenoxy) is 1. The zero-order valence-corrected chi connectivity index (χ0v) is 18.7. The van der Waals surface area contributed by atoms with Crippen molar-refractivity contribution in [3.8, 4) is 11.1 Å². The van der Waals surface area contributed by atoms with Gasteiger partial charge in [0.25, 0.3) is 0 Å². The molecule has 1 aromatic heterocycles. The highest BCUT2D eigenvalue weighted by Crippen LogP contribution is 2.27. The molecule has 34 heavy (non-hydrogen) atoms. The second kappa shape index (κ2) is 12.0. The SMILES string of the molecule is CCOC(=O)N[C@@H](Cc1ccc(-c2ccccc2)cc1NC(=O)NCc1ccncc1)C(=O)O. The minimum atomic E-state index is -1.23. The predicted octanol–water partition coefficient (Wildman–Crippen LogP) is 3.81. The minimum Gasteiger partial charge on any atom is -0.480 e. The smallest absolute Gasteiger partial charge is 0.407 e. The standard InChI is InChI=1S/C25H26N4O5/c1-2-34-25(33)29-22(23(30)31)15-20-9-8-19(18-6-4-3-5-7-18)14-21(20)28-24(32)27-16-17-10-12-26-13-11-17/h3-14,22H,2,15-16H2,1H3,(H,29,33)(H,30,31)(H2,27,28,32)/t22-/m0/s1. The van der Waals surface area contributed by atoms with Gasteiger partial charge >= 0.3 is 18.1 Å². The first-order valence-corrected chi connectivity index (χ1v) is 10.7. The van der Waals surface area contributed by atoms with Gasteiger partial charge in [0.1, 0.15) is 6.04 Å². The van der Waals surface area contributed by atoms with Crippen LogP contribution < -0.4 is 16.0 Å². The van der Waals surface area contributed by atoms with Gasteiger partial charge in [0, 0.05) is 31.0 Å². The highest BCUT2D eigenvalue weighted by molar-refractivity contribution is 5.91. The lowest BCUT2D eigenvalue weighted by Gasteiger charge is -2.18. The normalized spacial score (nSPS) is 11.2. The third-order valence-corrected chi connectivity index (χ3v) is 4.96. The topological polar surface area (TPSA) is 130 Å². The quantitative estimate of drug-likeness (QED) is 0.383. The van der Waals surface area contributed by atoms with E-state index < -0.39 is 24.1 Å². The molecular weight excluding hydrogens is 436 g/mol. The molecule has 3 rings (SSSR count). The summed E-state index contributed by atoms with van der Waals surface area (Å²) in [5.74, 6) is -1.21. The highest BCUT2D eigenvalue weighted by Gasteiger charge is 2.23. The number of nitrogens with zero attached hydrogens (tertiary/aromatic N) is 1. The number of carbonyl (C=O) groups excluding carboxylic acids is 2. The molecule has 9 heteroatoms. The van der Waals surface area contributed by atoms with Gasteiger partial charge in [-0.2, -0.15) is 0 Å². The van der Waals surface area contributed by atoms with Crippen LogP contribution in [0.1, 0.15) is 18.1 Å². The van der Waals surface area contributed by atoms with Gasteiger partial charge in [0.2, 0.25) is 0 Å². The fourth-order valence-electron chi connectivity index (χ4n) is 3.27. The van der Waals surface area contributed by atoms with E-state index >= 15 is 0 Å². The van der Waals surface area contributed by atoms with Crippen LogP contribution >= 0.6 is 0 Å². The van der Waals surface area contributed by atoms with Crippen molar-refractivity contribution in [2.45, 2.75) is 25.9 Å². The van der Waals surface area contributed by atoms with E-state index in [9.17, 15) is 19.5 Å². The lowest BCUT2D eigenvalue weighted by molar-refractivity contribution is -0.139. The Hall–Kier alpha value is -4.40. The van der Waals surface area contributed by atoms with Crippen LogP contribution in [-0.2, 0) is 22.5 Å². The molecule has 9 nitrogen and oxygen atoms in total. The molecule has 1 heterocycles. The Morgan fingerprint density at radius 2 is 1.74 bits per heavy atom.